The van der Waals surface area contributed by atoms with Gasteiger partial charge in [0.1, 0.15) is 0 Å². The molecule has 0 radical (unpaired) electrons. The molecule has 3 N–H and O–H groups in total. The van der Waals surface area contributed by atoms with Crippen molar-refractivity contribution in [2.24, 2.45) is 5.92 Å². The average Bonchev–Trinajstić information content (AvgIpc) is 2.68. The molecule has 1 heterocycles. The third-order valence-corrected chi connectivity index (χ3v) is 5.93. The van der Waals surface area contributed by atoms with Crippen LogP contribution < -0.4 is 10.6 Å². The molecular formula is C21H31ClN2O3. The monoisotopic (exact) mass is 394 g/mol. The molecule has 1 aromatic carbocycles. The van der Waals surface area contributed by atoms with Crippen LogP contribution in [0.25, 0.3) is 0 Å². The van der Waals surface area contributed by atoms with Gasteiger partial charge in [-0.3, -0.25) is 9.59 Å². The minimum atomic E-state index is -0.714. The predicted molar refractivity (Wildman–Crippen MR) is 109 cm³/mol. The van der Waals surface area contributed by atoms with E-state index in [1.807, 2.05) is 12.1 Å². The average molecular weight is 395 g/mol. The molecule has 0 unspecified atom stereocenters. The molecule has 150 valence electrons. The Hall–Kier alpha value is -1.59. The number of carboxylic acid groups (broad SMARTS) is 1. The standard InChI is InChI=1S/C21H30N2O3.ClH/c24-20(25)10-3-15-1-8-19(9-2-15)23-21(26)18-6-4-16(5-7-18)17-11-13-22-14-12-17;/h4-7,15,17,19,22H,1-3,8-14H2,(H,23,26)(H,24,25);1H. The highest BCUT2D eigenvalue weighted by molar-refractivity contribution is 5.94. The first kappa shape index (κ1) is 21.7. The zero-order valence-corrected chi connectivity index (χ0v) is 16.6. The first-order valence-corrected chi connectivity index (χ1v) is 9.95. The molecule has 0 aromatic heterocycles. The van der Waals surface area contributed by atoms with Crippen LogP contribution in [-0.2, 0) is 4.79 Å². The summed E-state index contributed by atoms with van der Waals surface area (Å²) in [5.74, 6) is 0.391. The van der Waals surface area contributed by atoms with Gasteiger partial charge in [0.2, 0.25) is 0 Å². The molecule has 0 atom stereocenters. The fourth-order valence-corrected chi connectivity index (χ4v) is 4.25. The second-order valence-electron chi connectivity index (χ2n) is 7.77. The van der Waals surface area contributed by atoms with Crippen LogP contribution >= 0.6 is 12.4 Å². The van der Waals surface area contributed by atoms with Crippen molar-refractivity contribution in [2.45, 2.75) is 63.3 Å². The van der Waals surface area contributed by atoms with Gasteiger partial charge < -0.3 is 15.7 Å². The van der Waals surface area contributed by atoms with Crippen molar-refractivity contribution in [2.75, 3.05) is 13.1 Å². The van der Waals surface area contributed by atoms with Crippen molar-refractivity contribution < 1.29 is 14.7 Å². The molecule has 1 saturated heterocycles. The van der Waals surface area contributed by atoms with E-state index in [1.54, 1.807) is 0 Å². The van der Waals surface area contributed by atoms with E-state index in [1.165, 1.54) is 5.56 Å². The van der Waals surface area contributed by atoms with E-state index >= 15 is 0 Å². The summed E-state index contributed by atoms with van der Waals surface area (Å²) < 4.78 is 0. The number of benzene rings is 1. The topological polar surface area (TPSA) is 78.4 Å². The van der Waals surface area contributed by atoms with Gasteiger partial charge in [0, 0.05) is 18.0 Å². The molecule has 0 bridgehead atoms. The Morgan fingerprint density at radius 2 is 1.63 bits per heavy atom. The third kappa shape index (κ3) is 6.51. The number of aliphatic carboxylic acids is 1. The first-order chi connectivity index (χ1) is 12.6. The Morgan fingerprint density at radius 1 is 1.00 bits per heavy atom. The Labute approximate surface area is 167 Å². The minimum Gasteiger partial charge on any atom is -0.481 e. The second kappa shape index (κ2) is 10.7. The van der Waals surface area contributed by atoms with E-state index in [0.717, 1.165) is 63.6 Å². The van der Waals surface area contributed by atoms with E-state index in [0.29, 0.717) is 11.8 Å². The maximum Gasteiger partial charge on any atom is 0.303 e. The van der Waals surface area contributed by atoms with Crippen LogP contribution in [0.3, 0.4) is 0 Å². The molecule has 1 aliphatic heterocycles. The maximum absolute atomic E-state index is 12.5. The number of piperidine rings is 1. The molecule has 1 saturated carbocycles. The Balaban J connectivity index is 0.00000261. The van der Waals surface area contributed by atoms with Gasteiger partial charge in [-0.2, -0.15) is 0 Å². The predicted octanol–water partition coefficient (Wildman–Crippen LogP) is 3.73. The van der Waals surface area contributed by atoms with Gasteiger partial charge in [-0.15, -0.1) is 12.4 Å². The summed E-state index contributed by atoms with van der Waals surface area (Å²) in [4.78, 5) is 23.2. The van der Waals surface area contributed by atoms with E-state index in [9.17, 15) is 9.59 Å². The molecule has 27 heavy (non-hydrogen) atoms. The van der Waals surface area contributed by atoms with Crippen molar-refractivity contribution in [1.82, 2.24) is 10.6 Å². The molecule has 1 aliphatic carbocycles. The van der Waals surface area contributed by atoms with Gasteiger partial charge >= 0.3 is 5.97 Å². The molecule has 2 fully saturated rings. The summed E-state index contributed by atoms with van der Waals surface area (Å²) in [6.45, 7) is 2.14. The SMILES string of the molecule is Cl.O=C(O)CCC1CCC(NC(=O)c2ccc(C3CCNCC3)cc2)CC1. The molecule has 1 amide bonds. The fourth-order valence-electron chi connectivity index (χ4n) is 4.25. The van der Waals surface area contributed by atoms with Crippen LogP contribution in [0.2, 0.25) is 0 Å². The van der Waals surface area contributed by atoms with Crippen LogP contribution in [0.5, 0.6) is 0 Å². The molecule has 5 nitrogen and oxygen atoms in total. The van der Waals surface area contributed by atoms with Gasteiger partial charge in [-0.1, -0.05) is 12.1 Å². The summed E-state index contributed by atoms with van der Waals surface area (Å²) in [7, 11) is 0. The van der Waals surface area contributed by atoms with Crippen molar-refractivity contribution in [3.63, 3.8) is 0 Å². The minimum absolute atomic E-state index is 0. The van der Waals surface area contributed by atoms with E-state index < -0.39 is 5.97 Å². The lowest BCUT2D eigenvalue weighted by Gasteiger charge is -2.29. The smallest absolute Gasteiger partial charge is 0.303 e. The summed E-state index contributed by atoms with van der Waals surface area (Å²) in [5, 5.41) is 15.3. The fraction of sp³-hybridized carbons (Fsp3) is 0.619. The lowest BCUT2D eigenvalue weighted by atomic mass is 9.83. The Morgan fingerprint density at radius 3 is 2.22 bits per heavy atom. The van der Waals surface area contributed by atoms with Crippen LogP contribution in [0.15, 0.2) is 24.3 Å². The maximum atomic E-state index is 12.5. The van der Waals surface area contributed by atoms with Gasteiger partial charge in [0.15, 0.2) is 0 Å². The summed E-state index contributed by atoms with van der Waals surface area (Å²) in [6, 6.07) is 8.32. The van der Waals surface area contributed by atoms with Crippen LogP contribution in [0.1, 0.15) is 73.2 Å². The summed E-state index contributed by atoms with van der Waals surface area (Å²) in [6.07, 6.45) is 7.25. The quantitative estimate of drug-likeness (QED) is 0.686. The lowest BCUT2D eigenvalue weighted by molar-refractivity contribution is -0.137. The number of carbonyl (C=O) groups is 2. The Kier molecular flexibility index (Phi) is 8.58. The van der Waals surface area contributed by atoms with Crippen LogP contribution in [0, 0.1) is 5.92 Å². The summed E-state index contributed by atoms with van der Waals surface area (Å²) >= 11 is 0. The van der Waals surface area contributed by atoms with Crippen molar-refractivity contribution >= 4 is 24.3 Å². The van der Waals surface area contributed by atoms with Crippen LogP contribution in [-0.4, -0.2) is 36.1 Å². The summed E-state index contributed by atoms with van der Waals surface area (Å²) in [5.41, 5.74) is 2.07. The molecule has 6 heteroatoms. The number of amides is 1. The number of hydrogen-bond donors (Lipinski definition) is 3. The molecular weight excluding hydrogens is 364 g/mol. The van der Waals surface area contributed by atoms with E-state index in [2.05, 4.69) is 22.8 Å². The molecule has 2 aliphatic rings. The Bertz CT molecular complexity index is 606. The third-order valence-electron chi connectivity index (χ3n) is 5.93. The van der Waals surface area contributed by atoms with Gasteiger partial charge in [0.05, 0.1) is 0 Å². The molecule has 0 spiro atoms. The number of halogens is 1. The van der Waals surface area contributed by atoms with Crippen molar-refractivity contribution in [3.8, 4) is 0 Å². The number of rotatable bonds is 6. The normalized spacial score (nSPS) is 23.3. The van der Waals surface area contributed by atoms with Gasteiger partial charge in [-0.05, 0) is 87.6 Å². The number of carboxylic acids is 1. The highest BCUT2D eigenvalue weighted by Crippen LogP contribution is 2.28. The highest BCUT2D eigenvalue weighted by atomic mass is 35.5. The number of carbonyl (C=O) groups excluding carboxylic acids is 1. The lowest BCUT2D eigenvalue weighted by Crippen LogP contribution is -2.37. The first-order valence-electron chi connectivity index (χ1n) is 9.95. The molecule has 3 rings (SSSR count). The second-order valence-corrected chi connectivity index (χ2v) is 7.77. The van der Waals surface area contributed by atoms with E-state index in [4.69, 9.17) is 5.11 Å². The number of hydrogen-bond acceptors (Lipinski definition) is 3. The van der Waals surface area contributed by atoms with E-state index in [-0.39, 0.29) is 30.8 Å². The molecule has 1 aromatic rings. The van der Waals surface area contributed by atoms with Crippen LogP contribution in [0.4, 0.5) is 0 Å². The zero-order valence-electron chi connectivity index (χ0n) is 15.8. The zero-order chi connectivity index (χ0) is 18.4. The van der Waals surface area contributed by atoms with Gasteiger partial charge in [-0.25, -0.2) is 0 Å². The van der Waals surface area contributed by atoms with Crippen molar-refractivity contribution in [3.05, 3.63) is 35.4 Å². The highest BCUT2D eigenvalue weighted by Gasteiger charge is 2.23. The largest absolute Gasteiger partial charge is 0.481 e. The van der Waals surface area contributed by atoms with Gasteiger partial charge in [0.25, 0.3) is 5.91 Å². The number of nitrogens with one attached hydrogen (secondary N) is 2. The van der Waals surface area contributed by atoms with Crippen molar-refractivity contribution in [1.29, 1.82) is 0 Å².